The highest BCUT2D eigenvalue weighted by Gasteiger charge is 2.48. The Morgan fingerprint density at radius 1 is 1.24 bits per heavy atom. The van der Waals surface area contributed by atoms with E-state index in [1.165, 1.54) is 18.2 Å². The number of terminal acetylenes is 1. The number of aliphatic hydroxyl groups is 3. The molecule has 4 N–H and O–H groups in total. The van der Waals surface area contributed by atoms with Gasteiger partial charge in [0, 0.05) is 17.9 Å². The molecule has 0 radical (unpaired) electrons. The molecule has 9 nitrogen and oxygen atoms in total. The van der Waals surface area contributed by atoms with Gasteiger partial charge in [0.25, 0.3) is 0 Å². The molecule has 0 aliphatic carbocycles. The summed E-state index contributed by atoms with van der Waals surface area (Å²) in [5.74, 6) is 0.584. The second-order valence-corrected chi connectivity index (χ2v) is 6.38. The van der Waals surface area contributed by atoms with Crippen molar-refractivity contribution >= 4 is 16.9 Å². The topological polar surface area (TPSA) is 147 Å². The van der Waals surface area contributed by atoms with E-state index in [2.05, 4.69) is 5.92 Å². The van der Waals surface area contributed by atoms with Gasteiger partial charge in [0.1, 0.15) is 36.3 Å². The Kier molecular flexibility index (Phi) is 5.86. The molecule has 1 aromatic carbocycles. The van der Waals surface area contributed by atoms with E-state index in [0.29, 0.717) is 10.9 Å². The molecule has 1 fully saturated rings. The molecule has 2 aromatic rings. The van der Waals surface area contributed by atoms with Gasteiger partial charge in [0.05, 0.1) is 5.56 Å². The van der Waals surface area contributed by atoms with E-state index in [1.54, 1.807) is 0 Å². The number of ether oxygens (including phenoxy) is 2. The molecule has 0 spiro atoms. The Bertz CT molecular complexity index is 1020. The standard InChI is InChI=1S/C19H17FO9/c1-2-3-8-6-12(21)28-16-9(8)4-5-11(10(16)7-20)27-19-15(24)13(22)14(23)17(29-19)18(25)26/h1,4-6,13-15,17,19,22-24H,3,7H2,(H,25,26)/t13-,14-,15+,17-,19+/m0/s1. The molecule has 1 aromatic heterocycles. The van der Waals surface area contributed by atoms with Gasteiger partial charge in [-0.3, -0.25) is 0 Å². The zero-order valence-electron chi connectivity index (χ0n) is 14.8. The number of benzene rings is 1. The number of rotatable bonds is 5. The number of hydrogen-bond acceptors (Lipinski definition) is 8. The van der Waals surface area contributed by atoms with E-state index in [-0.39, 0.29) is 23.3 Å². The number of halogens is 1. The fourth-order valence-corrected chi connectivity index (χ4v) is 3.10. The highest BCUT2D eigenvalue weighted by Crippen LogP contribution is 2.33. The maximum Gasteiger partial charge on any atom is 0.336 e. The van der Waals surface area contributed by atoms with Crippen LogP contribution in [0.25, 0.3) is 11.0 Å². The third-order valence-corrected chi connectivity index (χ3v) is 4.54. The summed E-state index contributed by atoms with van der Waals surface area (Å²) in [6.45, 7) is -1.13. The quantitative estimate of drug-likeness (QED) is 0.387. The lowest BCUT2D eigenvalue weighted by Gasteiger charge is -2.38. The molecule has 29 heavy (non-hydrogen) atoms. The van der Waals surface area contributed by atoms with E-state index in [9.17, 15) is 29.3 Å². The van der Waals surface area contributed by atoms with E-state index in [0.717, 1.165) is 0 Å². The molecule has 3 rings (SSSR count). The van der Waals surface area contributed by atoms with Gasteiger partial charge in [-0.25, -0.2) is 14.0 Å². The Morgan fingerprint density at radius 3 is 2.59 bits per heavy atom. The van der Waals surface area contributed by atoms with Crippen LogP contribution < -0.4 is 10.4 Å². The number of carboxylic acids is 1. The minimum absolute atomic E-state index is 0.100. The molecule has 0 bridgehead atoms. The summed E-state index contributed by atoms with van der Waals surface area (Å²) in [7, 11) is 0. The first kappa shape index (κ1) is 20.8. The smallest absolute Gasteiger partial charge is 0.336 e. The highest BCUT2D eigenvalue weighted by molar-refractivity contribution is 5.85. The van der Waals surface area contributed by atoms with Crippen molar-refractivity contribution in [2.24, 2.45) is 0 Å². The molecule has 10 heteroatoms. The summed E-state index contributed by atoms with van der Waals surface area (Å²) >= 11 is 0. The molecule has 154 valence electrons. The van der Waals surface area contributed by atoms with Crippen LogP contribution >= 0.6 is 0 Å². The third-order valence-electron chi connectivity index (χ3n) is 4.54. The normalized spacial score (nSPS) is 26.8. The lowest BCUT2D eigenvalue weighted by Crippen LogP contribution is -2.61. The monoisotopic (exact) mass is 408 g/mol. The minimum atomic E-state index is -1.90. The first-order valence-electron chi connectivity index (χ1n) is 8.45. The maximum atomic E-state index is 13.8. The van der Waals surface area contributed by atoms with Crippen LogP contribution in [0.5, 0.6) is 5.75 Å². The number of aliphatic hydroxyl groups excluding tert-OH is 3. The predicted octanol–water partition coefficient (Wildman–Crippen LogP) is -0.291. The number of carboxylic acid groups (broad SMARTS) is 1. The molecule has 2 heterocycles. The van der Waals surface area contributed by atoms with Gasteiger partial charge in [-0.2, -0.15) is 0 Å². The van der Waals surface area contributed by atoms with Gasteiger partial charge < -0.3 is 34.3 Å². The molecule has 1 aliphatic rings. The van der Waals surface area contributed by atoms with Crippen LogP contribution in [-0.2, 0) is 22.6 Å². The van der Waals surface area contributed by atoms with E-state index < -0.39 is 49.0 Å². The second kappa shape index (κ2) is 8.18. The van der Waals surface area contributed by atoms with Gasteiger partial charge in [-0.1, -0.05) is 0 Å². The average molecular weight is 408 g/mol. The van der Waals surface area contributed by atoms with Crippen LogP contribution in [0, 0.1) is 12.3 Å². The predicted molar refractivity (Wildman–Crippen MR) is 94.8 cm³/mol. The molecule has 5 atom stereocenters. The summed E-state index contributed by atoms with van der Waals surface area (Å²) in [6, 6.07) is 3.95. The Balaban J connectivity index is 2.03. The Morgan fingerprint density at radius 2 is 1.97 bits per heavy atom. The van der Waals surface area contributed by atoms with Gasteiger partial charge in [-0.05, 0) is 17.7 Å². The lowest BCUT2D eigenvalue weighted by molar-refractivity contribution is -0.271. The second-order valence-electron chi connectivity index (χ2n) is 6.38. The number of aliphatic carboxylic acids is 1. The van der Waals surface area contributed by atoms with Gasteiger partial charge >= 0.3 is 11.6 Å². The largest absolute Gasteiger partial charge is 0.479 e. The molecule has 0 amide bonds. The van der Waals surface area contributed by atoms with E-state index >= 15 is 0 Å². The van der Waals surface area contributed by atoms with E-state index in [1.807, 2.05) is 0 Å². The molecular weight excluding hydrogens is 391 g/mol. The van der Waals surface area contributed by atoms with Crippen LogP contribution in [0.4, 0.5) is 4.39 Å². The fourth-order valence-electron chi connectivity index (χ4n) is 3.10. The van der Waals surface area contributed by atoms with Crippen molar-refractivity contribution in [1.82, 2.24) is 0 Å². The molecular formula is C19H17FO9. The van der Waals surface area contributed by atoms with Crippen LogP contribution in [0.2, 0.25) is 0 Å². The van der Waals surface area contributed by atoms with Crippen molar-refractivity contribution in [2.75, 3.05) is 0 Å². The minimum Gasteiger partial charge on any atom is -0.479 e. The van der Waals surface area contributed by atoms with Gasteiger partial charge in [0.2, 0.25) is 6.29 Å². The zero-order valence-corrected chi connectivity index (χ0v) is 14.8. The number of alkyl halides is 1. The van der Waals surface area contributed by atoms with Crippen molar-refractivity contribution in [3.05, 3.63) is 39.7 Å². The lowest BCUT2D eigenvalue weighted by atomic mass is 9.99. The van der Waals surface area contributed by atoms with Crippen LogP contribution in [-0.4, -0.2) is 57.1 Å². The van der Waals surface area contributed by atoms with Crippen molar-refractivity contribution in [1.29, 1.82) is 0 Å². The van der Waals surface area contributed by atoms with Crippen molar-refractivity contribution in [3.63, 3.8) is 0 Å². The van der Waals surface area contributed by atoms with Gasteiger partial charge in [0.15, 0.2) is 6.10 Å². The van der Waals surface area contributed by atoms with Crippen LogP contribution in [0.15, 0.2) is 27.4 Å². The summed E-state index contributed by atoms with van der Waals surface area (Å²) in [6.07, 6.45) is -3.85. The molecule has 0 saturated carbocycles. The average Bonchev–Trinajstić information content (AvgIpc) is 2.67. The van der Waals surface area contributed by atoms with Crippen LogP contribution in [0.3, 0.4) is 0 Å². The summed E-state index contributed by atoms with van der Waals surface area (Å²) in [5.41, 5.74) is -0.628. The van der Waals surface area contributed by atoms with Crippen molar-refractivity contribution in [2.45, 2.75) is 43.8 Å². The van der Waals surface area contributed by atoms with Crippen molar-refractivity contribution < 1.29 is 43.5 Å². The summed E-state index contributed by atoms with van der Waals surface area (Å²) in [4.78, 5) is 23.0. The highest BCUT2D eigenvalue weighted by atomic mass is 19.1. The fraction of sp³-hybridized carbons (Fsp3) is 0.368. The molecule has 1 saturated heterocycles. The first-order valence-corrected chi connectivity index (χ1v) is 8.45. The van der Waals surface area contributed by atoms with Crippen molar-refractivity contribution in [3.8, 4) is 18.1 Å². The van der Waals surface area contributed by atoms with Crippen LogP contribution in [0.1, 0.15) is 11.1 Å². The summed E-state index contributed by atoms with van der Waals surface area (Å²) in [5, 5.41) is 39.1. The molecule has 0 unspecified atom stereocenters. The third kappa shape index (κ3) is 3.81. The number of carbonyl (C=O) groups is 1. The Hall–Kier alpha value is -2.97. The number of hydrogen-bond donors (Lipinski definition) is 4. The SMILES string of the molecule is C#CCc1cc(=O)oc2c(CF)c(O[C@@H]3O[C@H](C(=O)O)[C@@H](O)[C@H](O)[C@H]3O)ccc12. The maximum absolute atomic E-state index is 13.8. The summed E-state index contributed by atoms with van der Waals surface area (Å²) < 4.78 is 29.3. The Labute approximate surface area is 162 Å². The zero-order chi connectivity index (χ0) is 21.3. The first-order chi connectivity index (χ1) is 13.8. The number of fused-ring (bicyclic) bond motifs is 1. The van der Waals surface area contributed by atoms with Gasteiger partial charge in [-0.15, -0.1) is 12.3 Å². The molecule has 1 aliphatic heterocycles. The van der Waals surface area contributed by atoms with E-state index in [4.69, 9.17) is 25.4 Å².